The molecule has 2 heterocycles. The Balaban J connectivity index is 1.97. The van der Waals surface area contributed by atoms with Crippen LogP contribution in [0, 0.1) is 0 Å². The molecule has 1 atom stereocenters. The molecule has 0 aliphatic carbocycles. The predicted molar refractivity (Wildman–Crippen MR) is 69.1 cm³/mol. The van der Waals surface area contributed by atoms with Gasteiger partial charge in [0.15, 0.2) is 5.82 Å². The third-order valence-corrected chi connectivity index (χ3v) is 3.20. The lowest BCUT2D eigenvalue weighted by Gasteiger charge is -2.35. The Bertz CT molecular complexity index is 392. The first-order valence-corrected chi connectivity index (χ1v) is 6.23. The lowest BCUT2D eigenvalue weighted by atomic mass is 10.2. The van der Waals surface area contributed by atoms with Crippen molar-refractivity contribution in [2.75, 3.05) is 40.3 Å². The van der Waals surface area contributed by atoms with E-state index in [1.54, 1.807) is 6.08 Å². The second-order valence-corrected chi connectivity index (χ2v) is 4.72. The standard InChI is InChI=1S/C12H21N5O/c1-4-5-13-8-11-14-12(15-18-11)10-9-16(2)6-7-17(10)3/h4,10,13H,1,5-9H2,2-3H3. The van der Waals surface area contributed by atoms with Crippen LogP contribution in [0.3, 0.4) is 0 Å². The zero-order valence-corrected chi connectivity index (χ0v) is 11.1. The van der Waals surface area contributed by atoms with E-state index in [0.717, 1.165) is 32.0 Å². The zero-order valence-electron chi connectivity index (χ0n) is 11.1. The maximum Gasteiger partial charge on any atom is 0.240 e. The van der Waals surface area contributed by atoms with Gasteiger partial charge in [-0.05, 0) is 14.1 Å². The van der Waals surface area contributed by atoms with Gasteiger partial charge in [0.2, 0.25) is 5.89 Å². The lowest BCUT2D eigenvalue weighted by Crippen LogP contribution is -2.45. The monoisotopic (exact) mass is 251 g/mol. The van der Waals surface area contributed by atoms with Gasteiger partial charge in [-0.25, -0.2) is 0 Å². The van der Waals surface area contributed by atoms with E-state index >= 15 is 0 Å². The maximum atomic E-state index is 5.24. The van der Waals surface area contributed by atoms with Crippen molar-refractivity contribution in [2.45, 2.75) is 12.6 Å². The van der Waals surface area contributed by atoms with Crippen LogP contribution < -0.4 is 5.32 Å². The molecule has 0 spiro atoms. The summed E-state index contributed by atoms with van der Waals surface area (Å²) in [5, 5.41) is 7.23. The van der Waals surface area contributed by atoms with Gasteiger partial charge in [-0.15, -0.1) is 6.58 Å². The van der Waals surface area contributed by atoms with Crippen molar-refractivity contribution in [2.24, 2.45) is 0 Å². The molecule has 0 amide bonds. The number of likely N-dealkylation sites (N-methyl/N-ethyl adjacent to an activating group) is 2. The number of nitrogens with zero attached hydrogens (tertiary/aromatic N) is 4. The average molecular weight is 251 g/mol. The van der Waals surface area contributed by atoms with Crippen molar-refractivity contribution in [3.8, 4) is 0 Å². The Kier molecular flexibility index (Phi) is 4.46. The van der Waals surface area contributed by atoms with E-state index in [1.807, 2.05) is 0 Å². The Labute approximate surface area is 108 Å². The fraction of sp³-hybridized carbons (Fsp3) is 0.667. The average Bonchev–Trinajstić information content (AvgIpc) is 2.81. The predicted octanol–water partition coefficient (Wildman–Crippen LogP) is 0.264. The van der Waals surface area contributed by atoms with Gasteiger partial charge >= 0.3 is 0 Å². The molecule has 1 aliphatic heterocycles. The Morgan fingerprint density at radius 2 is 2.33 bits per heavy atom. The highest BCUT2D eigenvalue weighted by Crippen LogP contribution is 2.20. The summed E-state index contributed by atoms with van der Waals surface area (Å²) in [5.74, 6) is 1.41. The fourth-order valence-corrected chi connectivity index (χ4v) is 2.05. The van der Waals surface area contributed by atoms with Gasteiger partial charge in [-0.1, -0.05) is 11.2 Å². The Morgan fingerprint density at radius 1 is 1.50 bits per heavy atom. The summed E-state index contributed by atoms with van der Waals surface area (Å²) in [6, 6.07) is 0.223. The molecule has 18 heavy (non-hydrogen) atoms. The first kappa shape index (κ1) is 13.2. The van der Waals surface area contributed by atoms with E-state index in [2.05, 4.69) is 45.9 Å². The number of nitrogens with one attached hydrogen (secondary N) is 1. The van der Waals surface area contributed by atoms with E-state index in [-0.39, 0.29) is 6.04 Å². The normalized spacial score (nSPS) is 22.2. The minimum atomic E-state index is 0.223. The first-order valence-electron chi connectivity index (χ1n) is 6.23. The van der Waals surface area contributed by atoms with Gasteiger partial charge in [-0.3, -0.25) is 4.90 Å². The minimum Gasteiger partial charge on any atom is -0.338 e. The van der Waals surface area contributed by atoms with Crippen LogP contribution in [-0.4, -0.2) is 60.2 Å². The quantitative estimate of drug-likeness (QED) is 0.598. The SMILES string of the molecule is C=CCNCc1nc(C2CN(C)CCN2C)no1. The smallest absolute Gasteiger partial charge is 0.240 e. The molecule has 0 saturated carbocycles. The van der Waals surface area contributed by atoms with Gasteiger partial charge in [0.05, 0.1) is 12.6 Å². The molecule has 0 aromatic carbocycles. The molecule has 2 rings (SSSR count). The molecule has 1 fully saturated rings. The van der Waals surface area contributed by atoms with E-state index in [4.69, 9.17) is 4.52 Å². The highest BCUT2D eigenvalue weighted by atomic mass is 16.5. The maximum absolute atomic E-state index is 5.24. The minimum absolute atomic E-state index is 0.223. The molecular formula is C12H21N5O. The lowest BCUT2D eigenvalue weighted by molar-refractivity contribution is 0.108. The van der Waals surface area contributed by atoms with Gasteiger partial charge < -0.3 is 14.7 Å². The third-order valence-electron chi connectivity index (χ3n) is 3.20. The highest BCUT2D eigenvalue weighted by Gasteiger charge is 2.27. The highest BCUT2D eigenvalue weighted by molar-refractivity contribution is 4.98. The van der Waals surface area contributed by atoms with Crippen molar-refractivity contribution in [1.82, 2.24) is 25.3 Å². The van der Waals surface area contributed by atoms with E-state index in [1.165, 1.54) is 0 Å². The van der Waals surface area contributed by atoms with Gasteiger partial charge in [0.25, 0.3) is 0 Å². The van der Waals surface area contributed by atoms with Crippen molar-refractivity contribution < 1.29 is 4.52 Å². The third kappa shape index (κ3) is 3.16. The number of hydrogen-bond donors (Lipinski definition) is 1. The van der Waals surface area contributed by atoms with E-state index in [9.17, 15) is 0 Å². The Hall–Kier alpha value is -1.24. The number of rotatable bonds is 5. The summed E-state index contributed by atoms with van der Waals surface area (Å²) < 4.78 is 5.24. The first-order chi connectivity index (χ1) is 8.70. The number of piperazine rings is 1. The zero-order chi connectivity index (χ0) is 13.0. The topological polar surface area (TPSA) is 57.4 Å². The largest absolute Gasteiger partial charge is 0.338 e. The second-order valence-electron chi connectivity index (χ2n) is 4.72. The molecule has 1 N–H and O–H groups in total. The summed E-state index contributed by atoms with van der Waals surface area (Å²) in [5.41, 5.74) is 0. The van der Waals surface area contributed by atoms with Crippen LogP contribution in [0.2, 0.25) is 0 Å². The number of aromatic nitrogens is 2. The van der Waals surface area contributed by atoms with Crippen molar-refractivity contribution in [3.63, 3.8) is 0 Å². The summed E-state index contributed by atoms with van der Waals surface area (Å²) >= 11 is 0. The number of hydrogen-bond acceptors (Lipinski definition) is 6. The summed E-state index contributed by atoms with van der Waals surface area (Å²) in [7, 11) is 4.22. The molecule has 1 aromatic heterocycles. The van der Waals surface area contributed by atoms with Gasteiger partial charge in [0, 0.05) is 26.2 Å². The van der Waals surface area contributed by atoms with Crippen LogP contribution in [-0.2, 0) is 6.54 Å². The van der Waals surface area contributed by atoms with Crippen molar-refractivity contribution in [3.05, 3.63) is 24.4 Å². The molecule has 1 aliphatic rings. The molecule has 100 valence electrons. The van der Waals surface area contributed by atoms with Crippen LogP contribution in [0.5, 0.6) is 0 Å². The molecule has 6 nitrogen and oxygen atoms in total. The van der Waals surface area contributed by atoms with Crippen LogP contribution in [0.4, 0.5) is 0 Å². The molecule has 0 radical (unpaired) electrons. The summed E-state index contributed by atoms with van der Waals surface area (Å²) in [4.78, 5) is 9.01. The van der Waals surface area contributed by atoms with Crippen LogP contribution in [0.1, 0.15) is 17.8 Å². The van der Waals surface area contributed by atoms with Crippen LogP contribution in [0.25, 0.3) is 0 Å². The van der Waals surface area contributed by atoms with Crippen LogP contribution in [0.15, 0.2) is 17.2 Å². The van der Waals surface area contributed by atoms with Gasteiger partial charge in [0.1, 0.15) is 0 Å². The van der Waals surface area contributed by atoms with Gasteiger partial charge in [-0.2, -0.15) is 4.98 Å². The van der Waals surface area contributed by atoms with Crippen molar-refractivity contribution in [1.29, 1.82) is 0 Å². The molecular weight excluding hydrogens is 230 g/mol. The fourth-order valence-electron chi connectivity index (χ4n) is 2.05. The molecule has 0 bridgehead atoms. The molecule has 1 unspecified atom stereocenters. The van der Waals surface area contributed by atoms with Crippen LogP contribution >= 0.6 is 0 Å². The summed E-state index contributed by atoms with van der Waals surface area (Å²) in [6.07, 6.45) is 1.81. The van der Waals surface area contributed by atoms with Crippen molar-refractivity contribution >= 4 is 0 Å². The molecule has 1 aromatic rings. The van der Waals surface area contributed by atoms with E-state index in [0.29, 0.717) is 12.4 Å². The summed E-state index contributed by atoms with van der Waals surface area (Å²) in [6.45, 7) is 8.03. The molecule has 6 heteroatoms. The molecule has 1 saturated heterocycles. The second kappa shape index (κ2) is 6.08. The van der Waals surface area contributed by atoms with E-state index < -0.39 is 0 Å². The Morgan fingerprint density at radius 3 is 3.11 bits per heavy atom.